The molecule has 0 unspecified atom stereocenters. The topological polar surface area (TPSA) is 28.7 Å². The lowest BCUT2D eigenvalue weighted by Gasteiger charge is -2.27. The van der Waals surface area contributed by atoms with Crippen LogP contribution >= 0.6 is 0 Å². The Labute approximate surface area is 163 Å². The molecule has 128 valence electrons. The lowest BCUT2D eigenvalue weighted by Crippen LogP contribution is -2.56. The standard InChI is InChI=1S/C25H15BN2/c27-16-17-13-14-24-22(15-17)26(18-7-2-1-3-8-18)21-11-6-10-20-19-9-4-5-12-23(19)28(24)25(20)21/h1-15H. The van der Waals surface area contributed by atoms with Gasteiger partial charge < -0.3 is 4.57 Å². The van der Waals surface area contributed by atoms with Gasteiger partial charge in [0.25, 0.3) is 0 Å². The van der Waals surface area contributed by atoms with Gasteiger partial charge in [-0.3, -0.25) is 0 Å². The van der Waals surface area contributed by atoms with Crippen molar-refractivity contribution in [2.24, 2.45) is 0 Å². The van der Waals surface area contributed by atoms with Crippen LogP contribution in [0.1, 0.15) is 5.56 Å². The van der Waals surface area contributed by atoms with E-state index in [1.54, 1.807) is 0 Å². The van der Waals surface area contributed by atoms with E-state index in [-0.39, 0.29) is 6.71 Å². The van der Waals surface area contributed by atoms with E-state index in [1.165, 1.54) is 38.2 Å². The normalized spacial score (nSPS) is 12.2. The third-order valence-corrected chi connectivity index (χ3v) is 5.88. The quantitative estimate of drug-likeness (QED) is 0.416. The van der Waals surface area contributed by atoms with Crippen molar-refractivity contribution >= 4 is 44.9 Å². The number of nitrogens with zero attached hydrogens (tertiary/aromatic N) is 2. The molecule has 0 atom stereocenters. The van der Waals surface area contributed by atoms with Crippen LogP contribution in [0.5, 0.6) is 0 Å². The number of para-hydroxylation sites is 2. The monoisotopic (exact) mass is 354 g/mol. The predicted octanol–water partition coefficient (Wildman–Crippen LogP) is 3.48. The summed E-state index contributed by atoms with van der Waals surface area (Å²) in [5.74, 6) is 0. The second-order valence-electron chi connectivity index (χ2n) is 7.33. The molecule has 0 saturated heterocycles. The van der Waals surface area contributed by atoms with E-state index in [2.05, 4.69) is 95.6 Å². The van der Waals surface area contributed by atoms with Gasteiger partial charge in [0.2, 0.25) is 6.71 Å². The Hall–Kier alpha value is -3.77. The molecule has 0 fully saturated rings. The van der Waals surface area contributed by atoms with E-state index >= 15 is 0 Å². The van der Waals surface area contributed by atoms with Gasteiger partial charge >= 0.3 is 0 Å². The molecule has 1 aliphatic heterocycles. The fraction of sp³-hybridized carbons (Fsp3) is 0. The molecule has 0 N–H and O–H groups in total. The molecule has 2 nitrogen and oxygen atoms in total. The van der Waals surface area contributed by atoms with Crippen LogP contribution in [-0.2, 0) is 0 Å². The van der Waals surface area contributed by atoms with Gasteiger partial charge in [0.15, 0.2) is 0 Å². The first kappa shape index (κ1) is 15.3. The van der Waals surface area contributed by atoms with Crippen molar-refractivity contribution in [3.05, 3.63) is 96.6 Å². The van der Waals surface area contributed by atoms with Gasteiger partial charge in [0.1, 0.15) is 0 Å². The van der Waals surface area contributed by atoms with Crippen LogP contribution in [-0.4, -0.2) is 11.3 Å². The number of fused-ring (bicyclic) bond motifs is 5. The predicted molar refractivity (Wildman–Crippen MR) is 117 cm³/mol. The number of nitriles is 1. The highest BCUT2D eigenvalue weighted by Crippen LogP contribution is 2.32. The van der Waals surface area contributed by atoms with Crippen molar-refractivity contribution in [3.63, 3.8) is 0 Å². The maximum Gasteiger partial charge on any atom is 0.246 e. The number of rotatable bonds is 1. The summed E-state index contributed by atoms with van der Waals surface area (Å²) in [6.07, 6.45) is 0. The van der Waals surface area contributed by atoms with Gasteiger partial charge in [-0.1, -0.05) is 72.2 Å². The molecule has 2 heterocycles. The van der Waals surface area contributed by atoms with Crippen molar-refractivity contribution in [2.75, 3.05) is 0 Å². The Morgan fingerprint density at radius 2 is 1.50 bits per heavy atom. The molecular weight excluding hydrogens is 339 g/mol. The van der Waals surface area contributed by atoms with Gasteiger partial charge in [-0.15, -0.1) is 0 Å². The zero-order valence-electron chi connectivity index (χ0n) is 15.1. The third-order valence-electron chi connectivity index (χ3n) is 5.88. The summed E-state index contributed by atoms with van der Waals surface area (Å²) in [5.41, 5.74) is 8.08. The maximum atomic E-state index is 9.52. The minimum Gasteiger partial charge on any atom is -0.310 e. The molecular formula is C25H15BN2. The Morgan fingerprint density at radius 3 is 2.36 bits per heavy atom. The van der Waals surface area contributed by atoms with Crippen molar-refractivity contribution in [2.45, 2.75) is 0 Å². The summed E-state index contributed by atoms with van der Waals surface area (Å²) >= 11 is 0. The number of aromatic nitrogens is 1. The van der Waals surface area contributed by atoms with Gasteiger partial charge in [0.05, 0.1) is 17.1 Å². The highest BCUT2D eigenvalue weighted by Gasteiger charge is 2.33. The van der Waals surface area contributed by atoms with E-state index in [4.69, 9.17) is 0 Å². The Balaban J connectivity index is 1.84. The molecule has 0 bridgehead atoms. The van der Waals surface area contributed by atoms with E-state index < -0.39 is 0 Å². The zero-order chi connectivity index (χ0) is 18.7. The highest BCUT2D eigenvalue weighted by molar-refractivity contribution is 6.98. The van der Waals surface area contributed by atoms with Crippen LogP contribution < -0.4 is 16.4 Å². The zero-order valence-corrected chi connectivity index (χ0v) is 15.1. The van der Waals surface area contributed by atoms with Gasteiger partial charge in [-0.05, 0) is 35.2 Å². The summed E-state index contributed by atoms with van der Waals surface area (Å²) in [6, 6.07) is 34.2. The molecule has 4 aromatic carbocycles. The molecule has 0 aliphatic carbocycles. The molecule has 6 rings (SSSR count). The highest BCUT2D eigenvalue weighted by atomic mass is 15.0. The molecule has 0 radical (unpaired) electrons. The van der Waals surface area contributed by atoms with E-state index in [1.807, 2.05) is 6.07 Å². The molecule has 1 aliphatic rings. The fourth-order valence-corrected chi connectivity index (χ4v) is 4.76. The van der Waals surface area contributed by atoms with Crippen LogP contribution in [0, 0.1) is 11.3 Å². The third kappa shape index (κ3) is 1.92. The van der Waals surface area contributed by atoms with Gasteiger partial charge in [-0.2, -0.15) is 5.26 Å². The van der Waals surface area contributed by atoms with Crippen LogP contribution in [0.3, 0.4) is 0 Å². The fourth-order valence-electron chi connectivity index (χ4n) is 4.76. The average molecular weight is 354 g/mol. The van der Waals surface area contributed by atoms with Crippen LogP contribution in [0.2, 0.25) is 0 Å². The van der Waals surface area contributed by atoms with Gasteiger partial charge in [0, 0.05) is 22.0 Å². The molecule has 5 aromatic rings. The molecule has 0 spiro atoms. The molecule has 0 saturated carbocycles. The molecule has 3 heteroatoms. The molecule has 28 heavy (non-hydrogen) atoms. The first-order chi connectivity index (χ1) is 13.9. The summed E-state index contributed by atoms with van der Waals surface area (Å²) in [7, 11) is 0. The summed E-state index contributed by atoms with van der Waals surface area (Å²) in [6.45, 7) is 0.116. The number of hydrogen-bond acceptors (Lipinski definition) is 1. The smallest absolute Gasteiger partial charge is 0.246 e. The van der Waals surface area contributed by atoms with Crippen molar-refractivity contribution in [3.8, 4) is 11.8 Å². The van der Waals surface area contributed by atoms with Gasteiger partial charge in [-0.25, -0.2) is 0 Å². The minimum absolute atomic E-state index is 0.116. The first-order valence-corrected chi connectivity index (χ1v) is 9.48. The van der Waals surface area contributed by atoms with E-state index in [9.17, 15) is 5.26 Å². The van der Waals surface area contributed by atoms with E-state index in [0.717, 1.165) is 5.69 Å². The maximum absolute atomic E-state index is 9.52. The van der Waals surface area contributed by atoms with Crippen LogP contribution in [0.4, 0.5) is 0 Å². The number of hydrogen-bond donors (Lipinski definition) is 0. The summed E-state index contributed by atoms with van der Waals surface area (Å²) in [4.78, 5) is 0. The summed E-state index contributed by atoms with van der Waals surface area (Å²) < 4.78 is 2.37. The van der Waals surface area contributed by atoms with Crippen molar-refractivity contribution in [1.29, 1.82) is 5.26 Å². The Kier molecular flexibility index (Phi) is 3.07. The molecule has 1 aromatic heterocycles. The first-order valence-electron chi connectivity index (χ1n) is 9.48. The lowest BCUT2D eigenvalue weighted by molar-refractivity contribution is 1.19. The Morgan fingerprint density at radius 1 is 0.714 bits per heavy atom. The van der Waals surface area contributed by atoms with Crippen LogP contribution in [0.15, 0.2) is 91.0 Å². The van der Waals surface area contributed by atoms with Crippen molar-refractivity contribution < 1.29 is 0 Å². The Bertz CT molecular complexity index is 1420. The average Bonchev–Trinajstić information content (AvgIpc) is 3.10. The largest absolute Gasteiger partial charge is 0.310 e. The summed E-state index contributed by atoms with van der Waals surface area (Å²) in [5, 5.41) is 12.1. The molecule has 0 amide bonds. The number of benzene rings is 4. The second-order valence-corrected chi connectivity index (χ2v) is 7.33. The lowest BCUT2D eigenvalue weighted by atomic mass is 9.35. The minimum atomic E-state index is 0.116. The SMILES string of the molecule is N#Cc1ccc2c(c1)B(c1ccccc1)c1cccc3c4ccccc4n-2c13. The second kappa shape index (κ2) is 5.61. The van der Waals surface area contributed by atoms with E-state index in [0.29, 0.717) is 5.56 Å². The van der Waals surface area contributed by atoms with Crippen molar-refractivity contribution in [1.82, 2.24) is 4.57 Å². The van der Waals surface area contributed by atoms with Crippen LogP contribution in [0.25, 0.3) is 27.5 Å².